The molecule has 3 aromatic carbocycles. The second kappa shape index (κ2) is 10.0. The number of carbonyl (C=O) groups excluding carboxylic acids is 2. The Kier molecular flexibility index (Phi) is 7.13. The third-order valence-corrected chi connectivity index (χ3v) is 6.73. The fourth-order valence-corrected chi connectivity index (χ4v) is 4.89. The quantitative estimate of drug-likeness (QED) is 0.363. The minimum absolute atomic E-state index is 0.0410. The van der Waals surface area contributed by atoms with Crippen LogP contribution in [0.2, 0.25) is 0 Å². The van der Waals surface area contributed by atoms with Gasteiger partial charge in [-0.05, 0) is 60.2 Å². The molecule has 1 atom stereocenters. The van der Waals surface area contributed by atoms with Gasteiger partial charge in [-0.2, -0.15) is 26.3 Å². The molecule has 1 aliphatic heterocycles. The van der Waals surface area contributed by atoms with E-state index in [1.807, 2.05) is 0 Å². The molecule has 0 aromatic heterocycles. The predicted molar refractivity (Wildman–Crippen MR) is 127 cm³/mol. The molecule has 0 radical (unpaired) electrons. The van der Waals surface area contributed by atoms with E-state index in [1.54, 1.807) is 41.3 Å². The van der Waals surface area contributed by atoms with Crippen LogP contribution in [0.5, 0.6) is 5.75 Å². The first-order valence-corrected chi connectivity index (χ1v) is 11.7. The number of rotatable bonds is 5. The molecule has 0 bridgehead atoms. The summed E-state index contributed by atoms with van der Waals surface area (Å²) in [5, 5.41) is 1.95. The van der Waals surface area contributed by atoms with Gasteiger partial charge in [-0.1, -0.05) is 12.1 Å². The summed E-state index contributed by atoms with van der Waals surface area (Å²) in [5.41, 5.74) is -2.42. The Morgan fingerprint density at radius 3 is 2.00 bits per heavy atom. The van der Waals surface area contributed by atoms with Crippen LogP contribution in [-0.4, -0.2) is 24.7 Å². The van der Waals surface area contributed by atoms with Crippen molar-refractivity contribution in [1.29, 1.82) is 0 Å². The second-order valence-corrected chi connectivity index (χ2v) is 9.06. The van der Waals surface area contributed by atoms with Gasteiger partial charge < -0.3 is 10.1 Å². The fourth-order valence-electron chi connectivity index (χ4n) is 3.71. The molecule has 3 aromatic rings. The number of anilines is 2. The van der Waals surface area contributed by atoms with Crippen molar-refractivity contribution >= 4 is 35.0 Å². The van der Waals surface area contributed by atoms with Crippen LogP contribution in [0.1, 0.15) is 32.4 Å². The first-order chi connectivity index (χ1) is 17.4. The summed E-state index contributed by atoms with van der Waals surface area (Å²) in [5.74, 6) is -0.369. The van der Waals surface area contributed by atoms with Crippen LogP contribution < -0.4 is 15.0 Å². The van der Waals surface area contributed by atoms with Crippen molar-refractivity contribution in [3.63, 3.8) is 0 Å². The summed E-state index contributed by atoms with van der Waals surface area (Å²) >= 11 is 1.39. The summed E-state index contributed by atoms with van der Waals surface area (Å²) in [4.78, 5) is 26.7. The summed E-state index contributed by atoms with van der Waals surface area (Å²) in [6, 6.07) is 13.8. The number of nitrogens with one attached hydrogen (secondary N) is 1. The van der Waals surface area contributed by atoms with E-state index >= 15 is 0 Å². The van der Waals surface area contributed by atoms with E-state index in [4.69, 9.17) is 4.74 Å². The van der Waals surface area contributed by atoms with Crippen molar-refractivity contribution in [3.05, 3.63) is 89.0 Å². The number of alkyl halides is 6. The van der Waals surface area contributed by atoms with E-state index in [0.717, 1.165) is 0 Å². The van der Waals surface area contributed by atoms with Gasteiger partial charge >= 0.3 is 12.4 Å². The number of benzene rings is 3. The number of hydrogen-bond acceptors (Lipinski definition) is 4. The van der Waals surface area contributed by atoms with Crippen molar-refractivity contribution in [3.8, 4) is 5.75 Å². The van der Waals surface area contributed by atoms with Gasteiger partial charge in [0, 0.05) is 16.9 Å². The second-order valence-electron chi connectivity index (χ2n) is 8.00. The fraction of sp³-hybridized carbons (Fsp3) is 0.200. The molecule has 1 fully saturated rings. The van der Waals surface area contributed by atoms with Crippen LogP contribution in [0, 0.1) is 0 Å². The maximum atomic E-state index is 13.1. The van der Waals surface area contributed by atoms with E-state index in [1.165, 1.54) is 31.0 Å². The molecule has 2 amide bonds. The van der Waals surface area contributed by atoms with Gasteiger partial charge in [0.2, 0.25) is 5.91 Å². The van der Waals surface area contributed by atoms with Crippen LogP contribution in [0.3, 0.4) is 0 Å². The van der Waals surface area contributed by atoms with E-state index in [0.29, 0.717) is 29.1 Å². The molecule has 12 heteroatoms. The summed E-state index contributed by atoms with van der Waals surface area (Å²) in [6.45, 7) is 0. The minimum atomic E-state index is -5.07. The average Bonchev–Trinajstić information content (AvgIpc) is 3.24. The molecule has 0 spiro atoms. The Bertz CT molecular complexity index is 1280. The van der Waals surface area contributed by atoms with Crippen molar-refractivity contribution in [2.24, 2.45) is 0 Å². The van der Waals surface area contributed by atoms with Crippen molar-refractivity contribution < 1.29 is 40.7 Å². The van der Waals surface area contributed by atoms with Gasteiger partial charge in [-0.3, -0.25) is 14.5 Å². The maximum Gasteiger partial charge on any atom is 0.416 e. The van der Waals surface area contributed by atoms with Gasteiger partial charge in [-0.15, -0.1) is 11.8 Å². The van der Waals surface area contributed by atoms with Gasteiger partial charge in [0.15, 0.2) is 0 Å². The first kappa shape index (κ1) is 26.4. The number of halogens is 6. The van der Waals surface area contributed by atoms with Crippen LogP contribution in [0.25, 0.3) is 0 Å². The number of nitrogens with zero attached hydrogens (tertiary/aromatic N) is 1. The van der Waals surface area contributed by atoms with Crippen molar-refractivity contribution in [1.82, 2.24) is 0 Å². The Labute approximate surface area is 211 Å². The standard InChI is InChI=1S/C25H18F6N2O3S/c1-36-20-8-6-19(7-9-20)33-21(34)13-37-23(33)14-2-4-18(5-3-14)32-22(35)15-10-16(24(26,27)28)12-17(11-15)25(29,30)31/h2-12,23H,13H2,1H3,(H,32,35)/t23-/m1/s1. The normalized spacial score (nSPS) is 16.1. The largest absolute Gasteiger partial charge is 0.497 e. The van der Waals surface area contributed by atoms with Crippen molar-refractivity contribution in [2.45, 2.75) is 17.7 Å². The monoisotopic (exact) mass is 540 g/mol. The summed E-state index contributed by atoms with van der Waals surface area (Å²) in [6.07, 6.45) is -10.1. The lowest BCUT2D eigenvalue weighted by Gasteiger charge is -2.24. The Hall–Kier alpha value is -3.67. The smallest absolute Gasteiger partial charge is 0.416 e. The molecule has 0 aliphatic carbocycles. The Balaban J connectivity index is 1.54. The molecule has 0 saturated carbocycles. The Morgan fingerprint density at radius 1 is 0.919 bits per heavy atom. The zero-order valence-corrected chi connectivity index (χ0v) is 19.8. The van der Waals surface area contributed by atoms with E-state index in [2.05, 4.69) is 5.32 Å². The third-order valence-electron chi connectivity index (χ3n) is 5.52. The van der Waals surface area contributed by atoms with Crippen LogP contribution in [0.4, 0.5) is 37.7 Å². The molecule has 1 N–H and O–H groups in total. The highest BCUT2D eigenvalue weighted by molar-refractivity contribution is 8.00. The number of ether oxygens (including phenoxy) is 1. The molecule has 1 heterocycles. The Morgan fingerprint density at radius 2 is 1.49 bits per heavy atom. The lowest BCUT2D eigenvalue weighted by atomic mass is 10.0. The molecular weight excluding hydrogens is 522 g/mol. The highest BCUT2D eigenvalue weighted by Gasteiger charge is 2.38. The van der Waals surface area contributed by atoms with Crippen LogP contribution in [0.15, 0.2) is 66.7 Å². The van der Waals surface area contributed by atoms with Gasteiger partial charge in [-0.25, -0.2) is 0 Å². The predicted octanol–water partition coefficient (Wildman–Crippen LogP) is 6.76. The SMILES string of the molecule is COc1ccc(N2C(=O)CS[C@@H]2c2ccc(NC(=O)c3cc(C(F)(F)F)cc(C(F)(F)F)c3)cc2)cc1. The molecule has 1 aliphatic rings. The van der Waals surface area contributed by atoms with Crippen molar-refractivity contribution in [2.75, 3.05) is 23.1 Å². The van der Waals surface area contributed by atoms with Gasteiger partial charge in [0.05, 0.1) is 24.0 Å². The highest BCUT2D eigenvalue weighted by Crippen LogP contribution is 2.42. The summed E-state index contributed by atoms with van der Waals surface area (Å²) < 4.78 is 83.8. The van der Waals surface area contributed by atoms with Crippen LogP contribution in [-0.2, 0) is 17.1 Å². The minimum Gasteiger partial charge on any atom is -0.497 e. The number of methoxy groups -OCH3 is 1. The van der Waals surface area contributed by atoms with Crippen LogP contribution >= 0.6 is 11.8 Å². The van der Waals surface area contributed by atoms with Gasteiger partial charge in [0.25, 0.3) is 5.91 Å². The molecule has 1 saturated heterocycles. The molecule has 5 nitrogen and oxygen atoms in total. The van der Waals surface area contributed by atoms with E-state index < -0.39 is 35.0 Å². The maximum absolute atomic E-state index is 13.1. The molecule has 194 valence electrons. The molecule has 4 rings (SSSR count). The lowest BCUT2D eigenvalue weighted by molar-refractivity contribution is -0.143. The topological polar surface area (TPSA) is 58.6 Å². The zero-order valence-electron chi connectivity index (χ0n) is 19.0. The molecule has 0 unspecified atom stereocenters. The van der Waals surface area contributed by atoms with E-state index in [-0.39, 0.29) is 28.8 Å². The average molecular weight is 540 g/mol. The molecule has 37 heavy (non-hydrogen) atoms. The first-order valence-electron chi connectivity index (χ1n) is 10.7. The molecular formula is C25H18F6N2O3S. The van der Waals surface area contributed by atoms with E-state index in [9.17, 15) is 35.9 Å². The third kappa shape index (κ3) is 5.85. The summed E-state index contributed by atoms with van der Waals surface area (Å²) in [7, 11) is 1.53. The zero-order chi connectivity index (χ0) is 27.0. The highest BCUT2D eigenvalue weighted by atomic mass is 32.2. The van der Waals surface area contributed by atoms with Gasteiger partial charge in [0.1, 0.15) is 11.1 Å². The lowest BCUT2D eigenvalue weighted by Crippen LogP contribution is -2.27. The number of carbonyl (C=O) groups is 2. The number of thioether (sulfide) groups is 1. The number of hydrogen-bond donors (Lipinski definition) is 1. The number of amides is 2.